The summed E-state index contributed by atoms with van der Waals surface area (Å²) in [4.78, 5) is 40.0. The van der Waals surface area contributed by atoms with Crippen LogP contribution in [-0.4, -0.2) is 39.9 Å². The highest BCUT2D eigenvalue weighted by atomic mass is 32.1. The van der Waals surface area contributed by atoms with E-state index >= 15 is 0 Å². The quantitative estimate of drug-likeness (QED) is 0.0939. The summed E-state index contributed by atoms with van der Waals surface area (Å²) in [7, 11) is 0. The van der Waals surface area contributed by atoms with Crippen molar-refractivity contribution in [3.8, 4) is 68.3 Å². The Bertz CT molecular complexity index is 2470. The number of thiol groups is 4. The van der Waals surface area contributed by atoms with Gasteiger partial charge in [0, 0.05) is 63.7 Å². The number of rotatable bonds is 0. The number of fused-ring (bicyclic) bond motifs is 20. The van der Waals surface area contributed by atoms with Crippen LogP contribution >= 0.6 is 50.5 Å². The highest BCUT2D eigenvalue weighted by Crippen LogP contribution is 2.41. The monoisotopic (exact) mass is 642 g/mol. The van der Waals surface area contributed by atoms with Crippen LogP contribution in [0.2, 0.25) is 0 Å². The third-order valence-electron chi connectivity index (χ3n) is 7.77. The Labute approximate surface area is 271 Å². The minimum Gasteiger partial charge on any atom is -0.325 e. The third-order valence-corrected chi connectivity index (χ3v) is 8.88. The molecule has 3 aliphatic rings. The molecule has 6 aromatic rings. The lowest BCUT2D eigenvalue weighted by molar-refractivity contribution is 1.15. The van der Waals surface area contributed by atoms with E-state index in [-0.39, 0.29) is 0 Å². The second-order valence-electron chi connectivity index (χ2n) is 10.5. The van der Waals surface area contributed by atoms with Crippen LogP contribution in [0.1, 0.15) is 0 Å². The minimum atomic E-state index is 0.488. The average molecular weight is 643 g/mol. The van der Waals surface area contributed by atoms with Crippen molar-refractivity contribution in [2.75, 3.05) is 0 Å². The van der Waals surface area contributed by atoms with Gasteiger partial charge in [-0.25, -0.2) is 29.9 Å². The van der Waals surface area contributed by atoms with E-state index in [4.69, 9.17) is 29.9 Å². The predicted octanol–water partition coefficient (Wildman–Crippen LogP) is 7.93. The molecule has 0 radical (unpaired) electrons. The van der Waals surface area contributed by atoms with Gasteiger partial charge in [0.05, 0.1) is 0 Å². The molecule has 0 saturated carbocycles. The van der Waals surface area contributed by atoms with Gasteiger partial charge in [-0.2, -0.15) is 0 Å². The molecule has 210 valence electrons. The van der Waals surface area contributed by atoms with E-state index in [1.54, 1.807) is 0 Å². The van der Waals surface area contributed by atoms with Crippen molar-refractivity contribution in [2.24, 2.45) is 0 Å². The first-order chi connectivity index (χ1) is 21.4. The first-order valence-electron chi connectivity index (χ1n) is 13.5. The van der Waals surface area contributed by atoms with Gasteiger partial charge < -0.3 is 9.97 Å². The molecule has 0 atom stereocenters. The second-order valence-corrected chi connectivity index (χ2v) is 12.6. The van der Waals surface area contributed by atoms with E-state index in [1.165, 1.54) is 0 Å². The van der Waals surface area contributed by atoms with Crippen LogP contribution in [0.15, 0.2) is 92.4 Å². The zero-order chi connectivity index (χ0) is 29.7. The SMILES string of the molecule is Sc1ccc2c(c1)-c1nc3nc(nc4nc([nH]c5[nH]c(nc-2n1)c1cc(S)ccc51)-c1ccc(S)cc1-4)-c1cc(S)ccc1-3. The topological polar surface area (TPSA) is 109 Å². The zero-order valence-electron chi connectivity index (χ0n) is 22.4. The Balaban J connectivity index is 1.48. The summed E-state index contributed by atoms with van der Waals surface area (Å²) < 4.78 is 0. The highest BCUT2D eigenvalue weighted by Gasteiger charge is 2.25. The fourth-order valence-electron chi connectivity index (χ4n) is 5.75. The maximum Gasteiger partial charge on any atom is 0.164 e. The molecule has 0 unspecified atom stereocenters. The molecule has 2 N–H and O–H groups in total. The van der Waals surface area contributed by atoms with E-state index in [9.17, 15) is 0 Å². The van der Waals surface area contributed by atoms with Gasteiger partial charge in [0.2, 0.25) is 0 Å². The van der Waals surface area contributed by atoms with Crippen LogP contribution in [0, 0.1) is 0 Å². The molecule has 3 aliphatic heterocycles. The van der Waals surface area contributed by atoms with Crippen LogP contribution in [0.3, 0.4) is 0 Å². The molecule has 4 aromatic carbocycles. The molecule has 9 rings (SSSR count). The number of aromatic amines is 2. The fraction of sp³-hybridized carbons (Fsp3) is 0. The van der Waals surface area contributed by atoms with Gasteiger partial charge in [-0.3, -0.25) is 0 Å². The Morgan fingerprint density at radius 1 is 0.386 bits per heavy atom. The average Bonchev–Trinajstić information content (AvgIpc) is 3.71. The van der Waals surface area contributed by atoms with E-state index in [1.807, 2.05) is 72.8 Å². The molecule has 0 aliphatic carbocycles. The third kappa shape index (κ3) is 4.05. The molecular formula is C32H18N8S4. The van der Waals surface area contributed by atoms with Crippen LogP contribution in [0.5, 0.6) is 0 Å². The van der Waals surface area contributed by atoms with Gasteiger partial charge in [0.25, 0.3) is 0 Å². The van der Waals surface area contributed by atoms with Crippen molar-refractivity contribution in [3.05, 3.63) is 72.8 Å². The molecule has 0 amide bonds. The normalized spacial score (nSPS) is 12.1. The van der Waals surface area contributed by atoms with Gasteiger partial charge in [0.15, 0.2) is 29.1 Å². The molecule has 0 saturated heterocycles. The molecule has 8 bridgehead atoms. The van der Waals surface area contributed by atoms with E-state index in [0.717, 1.165) is 69.4 Å². The Morgan fingerprint density at radius 3 is 1.45 bits per heavy atom. The van der Waals surface area contributed by atoms with Crippen molar-refractivity contribution in [1.82, 2.24) is 39.9 Å². The molecule has 2 aromatic heterocycles. The van der Waals surface area contributed by atoms with Crippen LogP contribution < -0.4 is 0 Å². The largest absolute Gasteiger partial charge is 0.325 e. The van der Waals surface area contributed by atoms with Crippen molar-refractivity contribution >= 4 is 72.6 Å². The lowest BCUT2D eigenvalue weighted by Gasteiger charge is -2.01. The van der Waals surface area contributed by atoms with E-state index in [0.29, 0.717) is 40.6 Å². The Hall–Kier alpha value is -4.36. The number of hydrogen-bond acceptors (Lipinski definition) is 10. The van der Waals surface area contributed by atoms with Crippen molar-refractivity contribution < 1.29 is 0 Å². The molecule has 5 heterocycles. The summed E-state index contributed by atoms with van der Waals surface area (Å²) in [5.74, 6) is 3.15. The first-order valence-corrected chi connectivity index (χ1v) is 15.3. The van der Waals surface area contributed by atoms with Gasteiger partial charge in [-0.05, 0) is 72.8 Å². The molecule has 44 heavy (non-hydrogen) atoms. The minimum absolute atomic E-state index is 0.488. The maximum atomic E-state index is 5.04. The Morgan fingerprint density at radius 2 is 0.841 bits per heavy atom. The predicted molar refractivity (Wildman–Crippen MR) is 183 cm³/mol. The van der Waals surface area contributed by atoms with Gasteiger partial charge in [-0.1, -0.05) is 0 Å². The number of aromatic nitrogens is 8. The molecular weight excluding hydrogens is 625 g/mol. The van der Waals surface area contributed by atoms with E-state index in [2.05, 4.69) is 60.5 Å². The molecule has 0 spiro atoms. The van der Waals surface area contributed by atoms with Crippen LogP contribution in [0.25, 0.3) is 90.4 Å². The van der Waals surface area contributed by atoms with Gasteiger partial charge in [-0.15, -0.1) is 50.5 Å². The number of hydrogen-bond donors (Lipinski definition) is 6. The molecule has 12 heteroatoms. The number of benzene rings is 4. The maximum absolute atomic E-state index is 5.04. The summed E-state index contributed by atoms with van der Waals surface area (Å²) in [5, 5.41) is 1.82. The van der Waals surface area contributed by atoms with Gasteiger partial charge in [0.1, 0.15) is 17.1 Å². The Kier molecular flexibility index (Phi) is 5.67. The number of nitrogens with zero attached hydrogens (tertiary/aromatic N) is 6. The summed E-state index contributed by atoms with van der Waals surface area (Å²) in [6.45, 7) is 0. The standard InChI is InChI=1S/C32H18N8S4/c41-13-1-5-17-21(9-13)29-34-25(17)33-26-18-6-2-15(43)11-23(18)31(35-26)40-32-24-12-16(44)4-8-20(24)28(39-32)38-30-22-10-14(42)3-7-19(22)27(36-29)37-30/h1-12,41-44H,(H2,33,34,35,36,37,38,39,40). The van der Waals surface area contributed by atoms with Crippen molar-refractivity contribution in [3.63, 3.8) is 0 Å². The number of H-pyrrole nitrogens is 2. The highest BCUT2D eigenvalue weighted by molar-refractivity contribution is 7.80. The fourth-order valence-corrected chi connectivity index (χ4v) is 6.56. The summed E-state index contributed by atoms with van der Waals surface area (Å²) in [6, 6.07) is 23.5. The van der Waals surface area contributed by atoms with Gasteiger partial charge >= 0.3 is 0 Å². The lowest BCUT2D eigenvalue weighted by atomic mass is 10.1. The summed E-state index contributed by atoms with van der Waals surface area (Å²) >= 11 is 18.4. The second kappa shape index (κ2) is 9.57. The summed E-state index contributed by atoms with van der Waals surface area (Å²) in [5.41, 5.74) is 6.40. The smallest absolute Gasteiger partial charge is 0.164 e. The van der Waals surface area contributed by atoms with Crippen LogP contribution in [-0.2, 0) is 0 Å². The molecule has 8 nitrogen and oxygen atoms in total. The first kappa shape index (κ1) is 26.1. The molecule has 0 fully saturated rings. The number of nitrogens with one attached hydrogen (secondary N) is 2. The van der Waals surface area contributed by atoms with Crippen LogP contribution in [0.4, 0.5) is 0 Å². The summed E-state index contributed by atoms with van der Waals surface area (Å²) in [6.07, 6.45) is 0. The van der Waals surface area contributed by atoms with E-state index < -0.39 is 0 Å². The van der Waals surface area contributed by atoms with Crippen molar-refractivity contribution in [1.29, 1.82) is 0 Å². The zero-order valence-corrected chi connectivity index (χ0v) is 26.0. The lowest BCUT2D eigenvalue weighted by Crippen LogP contribution is -1.85. The van der Waals surface area contributed by atoms with Crippen molar-refractivity contribution in [2.45, 2.75) is 19.6 Å².